The molecule has 1 atom stereocenters. The minimum Gasteiger partial charge on any atom is -0.375 e. The van der Waals surface area contributed by atoms with Crippen LogP contribution in [0, 0.1) is 6.92 Å². The predicted molar refractivity (Wildman–Crippen MR) is 47.6 cm³/mol. The Balaban J connectivity index is 2.43. The molecule has 2 nitrogen and oxygen atoms in total. The van der Waals surface area contributed by atoms with E-state index >= 15 is 0 Å². The molecular weight excluding hydrogens is 156 g/mol. The van der Waals surface area contributed by atoms with E-state index in [9.17, 15) is 0 Å². The second-order valence-corrected chi connectivity index (χ2v) is 4.06. The van der Waals surface area contributed by atoms with Crippen molar-refractivity contribution < 1.29 is 0 Å². The topological polar surface area (TPSA) is 38.9 Å². The molecular formula is C8H11N2S. The number of rotatable bonds is 0. The monoisotopic (exact) mass is 167 g/mol. The second kappa shape index (κ2) is 2.48. The quantitative estimate of drug-likeness (QED) is 0.641. The second-order valence-electron chi connectivity index (χ2n) is 2.95. The van der Waals surface area contributed by atoms with Gasteiger partial charge in [0, 0.05) is 10.8 Å². The molecule has 0 spiro atoms. The summed E-state index contributed by atoms with van der Waals surface area (Å²) in [5.74, 6) is 0.382. The van der Waals surface area contributed by atoms with Gasteiger partial charge in [-0.05, 0) is 26.2 Å². The van der Waals surface area contributed by atoms with Gasteiger partial charge in [-0.1, -0.05) is 0 Å². The largest absolute Gasteiger partial charge is 0.375 e. The minimum absolute atomic E-state index is 0.382. The molecule has 0 amide bonds. The zero-order valence-electron chi connectivity index (χ0n) is 6.34. The molecule has 1 radical (unpaired) electrons. The Morgan fingerprint density at radius 3 is 3.18 bits per heavy atom. The Morgan fingerprint density at radius 1 is 1.64 bits per heavy atom. The molecule has 0 bridgehead atoms. The van der Waals surface area contributed by atoms with Crippen molar-refractivity contribution in [2.24, 2.45) is 0 Å². The summed E-state index contributed by atoms with van der Waals surface area (Å²) in [5.41, 5.74) is 6.75. The van der Waals surface area contributed by atoms with Gasteiger partial charge in [0.2, 0.25) is 0 Å². The van der Waals surface area contributed by atoms with Crippen LogP contribution < -0.4 is 5.73 Å². The smallest absolute Gasteiger partial charge is 0.180 e. The van der Waals surface area contributed by atoms with Gasteiger partial charge in [-0.25, -0.2) is 4.98 Å². The molecule has 1 unspecified atom stereocenters. The van der Waals surface area contributed by atoms with Gasteiger partial charge in [0.1, 0.15) is 0 Å². The number of hydrogen-bond donors (Lipinski definition) is 1. The van der Waals surface area contributed by atoms with Gasteiger partial charge in [0.25, 0.3) is 0 Å². The number of aryl methyl sites for hydroxylation is 1. The summed E-state index contributed by atoms with van der Waals surface area (Å²) in [6.07, 6.45) is 3.55. The Bertz CT molecular complexity index is 267. The summed E-state index contributed by atoms with van der Waals surface area (Å²) in [6.45, 7) is 4.04. The van der Waals surface area contributed by atoms with Crippen LogP contribution in [0.25, 0.3) is 0 Å². The number of anilines is 1. The summed E-state index contributed by atoms with van der Waals surface area (Å²) < 4.78 is 0. The normalized spacial score (nSPS) is 23.2. The van der Waals surface area contributed by atoms with Crippen molar-refractivity contribution in [1.29, 1.82) is 0 Å². The number of fused-ring (bicyclic) bond motifs is 1. The van der Waals surface area contributed by atoms with Crippen molar-refractivity contribution in [2.45, 2.75) is 25.2 Å². The van der Waals surface area contributed by atoms with Gasteiger partial charge in [-0.2, -0.15) is 0 Å². The van der Waals surface area contributed by atoms with Gasteiger partial charge in [0.15, 0.2) is 5.13 Å². The van der Waals surface area contributed by atoms with E-state index in [0.29, 0.717) is 11.0 Å². The molecule has 0 saturated carbocycles. The fraction of sp³-hybridized carbons (Fsp3) is 0.500. The zero-order valence-corrected chi connectivity index (χ0v) is 7.16. The highest BCUT2D eigenvalue weighted by atomic mass is 32.1. The number of nitrogen functional groups attached to an aromatic ring is 1. The maximum Gasteiger partial charge on any atom is 0.180 e. The molecule has 1 aromatic rings. The van der Waals surface area contributed by atoms with Crippen LogP contribution in [0.5, 0.6) is 0 Å². The first-order valence-corrected chi connectivity index (χ1v) is 4.67. The highest BCUT2D eigenvalue weighted by molar-refractivity contribution is 7.15. The predicted octanol–water partition coefficient (Wildman–Crippen LogP) is 1.98. The molecule has 0 aromatic carbocycles. The Morgan fingerprint density at radius 2 is 2.45 bits per heavy atom. The lowest BCUT2D eigenvalue weighted by Crippen LogP contribution is -2.04. The number of hydrogen-bond acceptors (Lipinski definition) is 3. The van der Waals surface area contributed by atoms with E-state index in [4.69, 9.17) is 5.73 Å². The molecule has 1 aliphatic rings. The van der Waals surface area contributed by atoms with Crippen LogP contribution in [0.2, 0.25) is 0 Å². The highest BCUT2D eigenvalue weighted by Gasteiger charge is 2.20. The molecule has 0 fully saturated rings. The fourth-order valence-corrected chi connectivity index (χ4v) is 2.49. The van der Waals surface area contributed by atoms with Crippen LogP contribution >= 0.6 is 11.3 Å². The van der Waals surface area contributed by atoms with Crippen molar-refractivity contribution in [3.63, 3.8) is 0 Å². The number of nitrogens with zero attached hydrogens (tertiary/aromatic N) is 1. The van der Waals surface area contributed by atoms with Gasteiger partial charge in [-0.3, -0.25) is 0 Å². The zero-order chi connectivity index (χ0) is 7.84. The van der Waals surface area contributed by atoms with Gasteiger partial charge in [0.05, 0.1) is 5.69 Å². The van der Waals surface area contributed by atoms with E-state index in [1.807, 2.05) is 0 Å². The molecule has 2 N–H and O–H groups in total. The first-order valence-electron chi connectivity index (χ1n) is 3.85. The van der Waals surface area contributed by atoms with Gasteiger partial charge in [-0.15, -0.1) is 11.3 Å². The third-order valence-corrected chi connectivity index (χ3v) is 3.05. The molecule has 3 heteroatoms. The van der Waals surface area contributed by atoms with Crippen LogP contribution in [0.1, 0.15) is 29.3 Å². The summed E-state index contributed by atoms with van der Waals surface area (Å²) in [7, 11) is 0. The van der Waals surface area contributed by atoms with Crippen LogP contribution in [-0.4, -0.2) is 4.98 Å². The maximum atomic E-state index is 5.60. The average Bonchev–Trinajstić information content (AvgIpc) is 2.31. The number of nitrogens with two attached hydrogens (primary N) is 1. The van der Waals surface area contributed by atoms with Crippen molar-refractivity contribution >= 4 is 16.5 Å². The highest BCUT2D eigenvalue weighted by Crippen LogP contribution is 2.34. The molecule has 11 heavy (non-hydrogen) atoms. The van der Waals surface area contributed by atoms with Gasteiger partial charge >= 0.3 is 0 Å². The van der Waals surface area contributed by atoms with Crippen LogP contribution in [0.15, 0.2) is 0 Å². The summed E-state index contributed by atoms with van der Waals surface area (Å²) in [5, 5.41) is 0.700. The van der Waals surface area contributed by atoms with E-state index in [1.54, 1.807) is 11.3 Å². The Kier molecular flexibility index (Phi) is 1.60. The van der Waals surface area contributed by atoms with Crippen LogP contribution in [-0.2, 0) is 6.42 Å². The van der Waals surface area contributed by atoms with Crippen LogP contribution in [0.4, 0.5) is 5.13 Å². The summed E-state index contributed by atoms with van der Waals surface area (Å²) in [6, 6.07) is 0. The maximum absolute atomic E-state index is 5.60. The van der Waals surface area contributed by atoms with Crippen molar-refractivity contribution in [3.8, 4) is 0 Å². The number of thiazole rings is 1. The van der Waals surface area contributed by atoms with Crippen molar-refractivity contribution in [1.82, 2.24) is 4.98 Å². The lowest BCUT2D eigenvalue weighted by atomic mass is 9.93. The molecule has 2 rings (SSSR count). The number of aromatic nitrogens is 1. The van der Waals surface area contributed by atoms with E-state index < -0.39 is 0 Å². The first kappa shape index (κ1) is 7.10. The van der Waals surface area contributed by atoms with Crippen molar-refractivity contribution in [3.05, 3.63) is 17.5 Å². The Hall–Kier alpha value is -0.570. The van der Waals surface area contributed by atoms with Gasteiger partial charge < -0.3 is 5.73 Å². The van der Waals surface area contributed by atoms with E-state index in [0.717, 1.165) is 18.5 Å². The first-order chi connectivity index (χ1) is 5.27. The molecule has 0 aliphatic heterocycles. The lowest BCUT2D eigenvalue weighted by Gasteiger charge is -2.15. The summed E-state index contributed by atoms with van der Waals surface area (Å²) in [4.78, 5) is 5.62. The minimum atomic E-state index is 0.382. The Labute approximate surface area is 70.5 Å². The van der Waals surface area contributed by atoms with E-state index in [-0.39, 0.29) is 0 Å². The third kappa shape index (κ3) is 1.13. The van der Waals surface area contributed by atoms with E-state index in [1.165, 1.54) is 11.3 Å². The SMILES string of the molecule is [CH2]C1CCCc2sc(N)nc21. The molecule has 0 saturated heterocycles. The third-order valence-electron chi connectivity index (χ3n) is 2.09. The average molecular weight is 167 g/mol. The van der Waals surface area contributed by atoms with Crippen LogP contribution in [0.3, 0.4) is 0 Å². The molecule has 1 aliphatic carbocycles. The summed E-state index contributed by atoms with van der Waals surface area (Å²) >= 11 is 1.62. The van der Waals surface area contributed by atoms with E-state index in [2.05, 4.69) is 11.9 Å². The van der Waals surface area contributed by atoms with Crippen molar-refractivity contribution in [2.75, 3.05) is 5.73 Å². The standard InChI is InChI=1S/C8H11N2S/c1-5-3-2-4-6-7(5)10-8(9)11-6/h5H,1-4H2,(H2,9,10). The molecule has 59 valence electrons. The molecule has 1 aromatic heterocycles. The lowest BCUT2D eigenvalue weighted by molar-refractivity contribution is 0.621. The molecule has 1 heterocycles. The fourth-order valence-electron chi connectivity index (χ4n) is 1.53.